The fourth-order valence-corrected chi connectivity index (χ4v) is 1.96. The third kappa shape index (κ3) is 5.84. The van der Waals surface area contributed by atoms with Crippen LogP contribution in [0.1, 0.15) is 25.8 Å². The zero-order chi connectivity index (χ0) is 17.8. The Hall–Kier alpha value is -1.60. The van der Waals surface area contributed by atoms with Crippen LogP contribution < -0.4 is 11.1 Å². The molecule has 0 saturated carbocycles. The number of anilines is 1. The summed E-state index contributed by atoms with van der Waals surface area (Å²) in [6.45, 7) is 2.30. The molecule has 0 heterocycles. The van der Waals surface area contributed by atoms with E-state index in [1.807, 2.05) is 0 Å². The van der Waals surface area contributed by atoms with Crippen LogP contribution in [0.15, 0.2) is 18.2 Å². The summed E-state index contributed by atoms with van der Waals surface area (Å²) in [7, 11) is 0. The molecule has 4 nitrogen and oxygen atoms in total. The van der Waals surface area contributed by atoms with Gasteiger partial charge in [-0.25, -0.2) is 0 Å². The number of nitrogens with two attached hydrogens (primary N) is 1. The van der Waals surface area contributed by atoms with Gasteiger partial charge in [0.1, 0.15) is 5.78 Å². The highest BCUT2D eigenvalue weighted by atomic mass is 35.5. The van der Waals surface area contributed by atoms with Crippen LogP contribution >= 0.6 is 11.6 Å². The van der Waals surface area contributed by atoms with Gasteiger partial charge in [-0.3, -0.25) is 4.79 Å². The number of carbonyl (C=O) groups excluding carboxylic acids is 2. The van der Waals surface area contributed by atoms with Gasteiger partial charge in [-0.15, -0.1) is 0 Å². The van der Waals surface area contributed by atoms with Gasteiger partial charge >= 0.3 is 6.18 Å². The Morgan fingerprint density at radius 1 is 1.35 bits per heavy atom. The molecule has 128 valence electrons. The van der Waals surface area contributed by atoms with E-state index in [4.69, 9.17) is 17.3 Å². The number of benzene rings is 1. The summed E-state index contributed by atoms with van der Waals surface area (Å²) < 4.78 is 37.8. The number of hydrogen-bond acceptors (Lipinski definition) is 3. The maximum atomic E-state index is 12.6. The molecular formula is C15H18ClF3N2O2. The van der Waals surface area contributed by atoms with E-state index in [-0.39, 0.29) is 16.5 Å². The van der Waals surface area contributed by atoms with E-state index in [0.29, 0.717) is 12.8 Å². The molecule has 0 aliphatic rings. The monoisotopic (exact) mass is 350 g/mol. The Morgan fingerprint density at radius 3 is 2.48 bits per heavy atom. The Morgan fingerprint density at radius 2 is 1.96 bits per heavy atom. The minimum absolute atomic E-state index is 0.00607. The zero-order valence-corrected chi connectivity index (χ0v) is 13.5. The lowest BCUT2D eigenvalue weighted by Crippen LogP contribution is -2.46. The average Bonchev–Trinajstić information content (AvgIpc) is 2.45. The van der Waals surface area contributed by atoms with Gasteiger partial charge in [-0.05, 0) is 31.0 Å². The third-order valence-corrected chi connectivity index (χ3v) is 3.74. The summed E-state index contributed by atoms with van der Waals surface area (Å²) in [6, 6.07) is 2.96. The van der Waals surface area contributed by atoms with Crippen LogP contribution in [0, 0.1) is 5.92 Å². The van der Waals surface area contributed by atoms with Crippen molar-refractivity contribution in [3.63, 3.8) is 0 Å². The first-order valence-corrected chi connectivity index (χ1v) is 7.31. The molecular weight excluding hydrogens is 333 g/mol. The van der Waals surface area contributed by atoms with Crippen molar-refractivity contribution in [1.29, 1.82) is 0 Å². The molecule has 1 aromatic rings. The predicted molar refractivity (Wildman–Crippen MR) is 82.3 cm³/mol. The van der Waals surface area contributed by atoms with E-state index in [1.165, 1.54) is 19.1 Å². The van der Waals surface area contributed by atoms with E-state index in [2.05, 4.69) is 5.32 Å². The lowest BCUT2D eigenvalue weighted by Gasteiger charge is -2.22. The van der Waals surface area contributed by atoms with E-state index in [9.17, 15) is 22.8 Å². The first kappa shape index (κ1) is 19.4. The maximum Gasteiger partial charge on any atom is 0.393 e. The molecule has 2 unspecified atom stereocenters. The molecule has 0 spiro atoms. The minimum atomic E-state index is -4.57. The van der Waals surface area contributed by atoms with Gasteiger partial charge in [0.15, 0.2) is 0 Å². The van der Waals surface area contributed by atoms with Crippen molar-refractivity contribution in [2.45, 2.75) is 38.9 Å². The number of alkyl halides is 3. The Bertz CT molecular complexity index is 591. The number of nitrogens with one attached hydrogen (secondary N) is 1. The van der Waals surface area contributed by atoms with Crippen LogP contribution in [-0.2, 0) is 16.0 Å². The highest BCUT2D eigenvalue weighted by molar-refractivity contribution is 6.33. The second-order valence-electron chi connectivity index (χ2n) is 5.36. The number of rotatable bonds is 6. The summed E-state index contributed by atoms with van der Waals surface area (Å²) in [5.41, 5.74) is 6.26. The largest absolute Gasteiger partial charge is 0.393 e. The van der Waals surface area contributed by atoms with Gasteiger partial charge < -0.3 is 15.8 Å². The number of halogens is 4. The number of Topliss-reactive ketones (excluding diaryl/α,β-unsaturated/α-hetero) is 1. The van der Waals surface area contributed by atoms with Crippen molar-refractivity contribution < 1.29 is 22.8 Å². The van der Waals surface area contributed by atoms with E-state index < -0.39 is 24.0 Å². The summed E-state index contributed by atoms with van der Waals surface area (Å²) in [6.07, 6.45) is -3.80. The minimum Gasteiger partial charge on any atom is -0.323 e. The van der Waals surface area contributed by atoms with E-state index in [0.717, 1.165) is 12.5 Å². The molecule has 1 aromatic carbocycles. The highest BCUT2D eigenvalue weighted by Gasteiger charge is 2.42. The number of amides is 1. The van der Waals surface area contributed by atoms with Crippen molar-refractivity contribution in [2.24, 2.45) is 11.7 Å². The fourth-order valence-electron chi connectivity index (χ4n) is 1.79. The molecule has 0 bridgehead atoms. The van der Waals surface area contributed by atoms with Gasteiger partial charge in [-0.1, -0.05) is 24.6 Å². The molecule has 1 amide bonds. The molecule has 1 rings (SSSR count). The molecule has 0 radical (unpaired) electrons. The maximum absolute atomic E-state index is 12.6. The molecule has 2 atom stereocenters. The second-order valence-corrected chi connectivity index (χ2v) is 5.77. The summed E-state index contributed by atoms with van der Waals surface area (Å²) in [5, 5.41) is 2.49. The standard InChI is InChI=1S/C15H18ClF3N2O2/c1-8(22)3-4-10-5-6-11(16)12(7-10)21-14(23)13(20)9(2)15(17,18)19/h5-7,9,13H,3-4,20H2,1-2H3,(H,21,23). The van der Waals surface area contributed by atoms with Crippen molar-refractivity contribution in [1.82, 2.24) is 0 Å². The van der Waals surface area contributed by atoms with Crippen molar-refractivity contribution >= 4 is 29.0 Å². The quantitative estimate of drug-likeness (QED) is 0.826. The third-order valence-electron chi connectivity index (χ3n) is 3.41. The van der Waals surface area contributed by atoms with Crippen molar-refractivity contribution in [3.05, 3.63) is 28.8 Å². The van der Waals surface area contributed by atoms with E-state index in [1.54, 1.807) is 6.07 Å². The lowest BCUT2D eigenvalue weighted by atomic mass is 10.0. The van der Waals surface area contributed by atoms with Crippen LogP contribution in [0.25, 0.3) is 0 Å². The molecule has 0 aromatic heterocycles. The first-order chi connectivity index (χ1) is 10.5. The number of hydrogen-bond donors (Lipinski definition) is 2. The van der Waals surface area contributed by atoms with Crippen LogP contribution in [-0.4, -0.2) is 23.9 Å². The van der Waals surface area contributed by atoms with Crippen LogP contribution in [0.5, 0.6) is 0 Å². The highest BCUT2D eigenvalue weighted by Crippen LogP contribution is 2.29. The lowest BCUT2D eigenvalue weighted by molar-refractivity contribution is -0.176. The van der Waals surface area contributed by atoms with Crippen LogP contribution in [0.4, 0.5) is 18.9 Å². The second kappa shape index (κ2) is 7.79. The molecule has 8 heteroatoms. The molecule has 0 saturated heterocycles. The Kier molecular flexibility index (Phi) is 6.58. The SMILES string of the molecule is CC(=O)CCc1ccc(Cl)c(NC(=O)C(N)C(C)C(F)(F)F)c1. The zero-order valence-electron chi connectivity index (χ0n) is 12.7. The molecule has 3 N–H and O–H groups in total. The van der Waals surface area contributed by atoms with Gasteiger partial charge in [0.2, 0.25) is 5.91 Å². The van der Waals surface area contributed by atoms with Gasteiger partial charge in [0.05, 0.1) is 22.7 Å². The average molecular weight is 351 g/mol. The van der Waals surface area contributed by atoms with Gasteiger partial charge in [-0.2, -0.15) is 13.2 Å². The summed E-state index contributed by atoms with van der Waals surface area (Å²) >= 11 is 5.93. The molecule has 23 heavy (non-hydrogen) atoms. The Balaban J connectivity index is 2.85. The van der Waals surface area contributed by atoms with Crippen LogP contribution in [0.3, 0.4) is 0 Å². The number of ketones is 1. The number of carbonyl (C=O) groups is 2. The summed E-state index contributed by atoms with van der Waals surface area (Å²) in [5.74, 6) is -2.95. The first-order valence-electron chi connectivity index (χ1n) is 6.93. The Labute approximate surface area is 137 Å². The van der Waals surface area contributed by atoms with Gasteiger partial charge in [0, 0.05) is 6.42 Å². The van der Waals surface area contributed by atoms with Gasteiger partial charge in [0.25, 0.3) is 0 Å². The fraction of sp³-hybridized carbons (Fsp3) is 0.467. The predicted octanol–water partition coefficient (Wildman–Crippen LogP) is 3.33. The van der Waals surface area contributed by atoms with Crippen molar-refractivity contribution in [2.75, 3.05) is 5.32 Å². The molecule has 0 aliphatic heterocycles. The van der Waals surface area contributed by atoms with Crippen LogP contribution in [0.2, 0.25) is 5.02 Å². The molecule has 0 fully saturated rings. The molecule has 0 aliphatic carbocycles. The topological polar surface area (TPSA) is 72.2 Å². The number of aryl methyl sites for hydroxylation is 1. The normalized spacial score (nSPS) is 14.2. The smallest absolute Gasteiger partial charge is 0.323 e. The van der Waals surface area contributed by atoms with E-state index >= 15 is 0 Å². The van der Waals surface area contributed by atoms with Crippen molar-refractivity contribution in [3.8, 4) is 0 Å². The summed E-state index contributed by atoms with van der Waals surface area (Å²) in [4.78, 5) is 22.9.